The van der Waals surface area contributed by atoms with E-state index in [1.54, 1.807) is 12.1 Å². The molecule has 25 heavy (non-hydrogen) atoms. The fourth-order valence-corrected chi connectivity index (χ4v) is 2.84. The lowest BCUT2D eigenvalue weighted by Gasteiger charge is -2.11. The predicted octanol–water partition coefficient (Wildman–Crippen LogP) is 3.49. The second kappa shape index (κ2) is 7.90. The van der Waals surface area contributed by atoms with Gasteiger partial charge < -0.3 is 15.2 Å². The fraction of sp³-hybridized carbons (Fsp3) is 0.316. The lowest BCUT2D eigenvalue weighted by Crippen LogP contribution is -2.13. The maximum absolute atomic E-state index is 12.2. The predicted molar refractivity (Wildman–Crippen MR) is 92.6 cm³/mol. The van der Waals surface area contributed by atoms with Gasteiger partial charge in [0.15, 0.2) is 0 Å². The molecule has 130 valence electrons. The minimum absolute atomic E-state index is 0.0212. The third kappa shape index (κ3) is 4.64. The summed E-state index contributed by atoms with van der Waals surface area (Å²) in [5, 5.41) is 11.7. The standard InChI is InChI=1S/C19H20N2O4/c22-18(14-9-15(19(23)24)11-20-10-14)21-16-7-5-13(6-8-16)12-25-17-3-1-2-4-17/h5-11,17H,1-4,12H2,(H,21,22)(H,23,24). The summed E-state index contributed by atoms with van der Waals surface area (Å²) in [7, 11) is 0. The molecule has 2 N–H and O–H groups in total. The van der Waals surface area contributed by atoms with Gasteiger partial charge in [-0.2, -0.15) is 0 Å². The Morgan fingerprint density at radius 2 is 1.80 bits per heavy atom. The minimum atomic E-state index is -1.12. The van der Waals surface area contributed by atoms with Crippen molar-refractivity contribution in [2.45, 2.75) is 38.4 Å². The van der Waals surface area contributed by atoms with Crippen LogP contribution in [0.2, 0.25) is 0 Å². The molecule has 1 amide bonds. The number of aromatic nitrogens is 1. The number of hydrogen-bond donors (Lipinski definition) is 2. The Balaban J connectivity index is 1.58. The van der Waals surface area contributed by atoms with Crippen molar-refractivity contribution < 1.29 is 19.4 Å². The number of nitrogens with one attached hydrogen (secondary N) is 1. The van der Waals surface area contributed by atoms with Gasteiger partial charge in [0, 0.05) is 18.1 Å². The molecule has 3 rings (SSSR count). The molecular formula is C19H20N2O4. The van der Waals surface area contributed by atoms with Crippen molar-refractivity contribution in [1.29, 1.82) is 0 Å². The lowest BCUT2D eigenvalue weighted by atomic mass is 10.1. The van der Waals surface area contributed by atoms with Crippen LogP contribution in [-0.4, -0.2) is 28.1 Å². The van der Waals surface area contributed by atoms with Gasteiger partial charge in [-0.1, -0.05) is 25.0 Å². The largest absolute Gasteiger partial charge is 0.478 e. The molecule has 1 aromatic carbocycles. The molecule has 1 heterocycles. The van der Waals surface area contributed by atoms with E-state index in [2.05, 4.69) is 10.3 Å². The number of carboxylic acids is 1. The van der Waals surface area contributed by atoms with E-state index < -0.39 is 11.9 Å². The van der Waals surface area contributed by atoms with Crippen LogP contribution < -0.4 is 5.32 Å². The van der Waals surface area contributed by atoms with E-state index in [4.69, 9.17) is 9.84 Å². The Kier molecular flexibility index (Phi) is 5.40. The van der Waals surface area contributed by atoms with Gasteiger partial charge in [0.25, 0.3) is 5.91 Å². The Morgan fingerprint density at radius 3 is 2.48 bits per heavy atom. The Morgan fingerprint density at radius 1 is 1.12 bits per heavy atom. The van der Waals surface area contributed by atoms with Crippen molar-refractivity contribution >= 4 is 17.6 Å². The van der Waals surface area contributed by atoms with E-state index in [1.165, 1.54) is 31.3 Å². The summed E-state index contributed by atoms with van der Waals surface area (Å²) < 4.78 is 5.86. The van der Waals surface area contributed by atoms with Crippen molar-refractivity contribution in [1.82, 2.24) is 4.98 Å². The molecule has 1 aromatic heterocycles. The first kappa shape index (κ1) is 17.1. The number of ether oxygens (including phenoxy) is 1. The number of carboxylic acid groups (broad SMARTS) is 1. The van der Waals surface area contributed by atoms with E-state index in [1.807, 2.05) is 12.1 Å². The summed E-state index contributed by atoms with van der Waals surface area (Å²) in [6, 6.07) is 8.74. The molecule has 0 bridgehead atoms. The minimum Gasteiger partial charge on any atom is -0.478 e. The number of aromatic carboxylic acids is 1. The zero-order valence-corrected chi connectivity index (χ0v) is 13.8. The molecule has 0 spiro atoms. The van der Waals surface area contributed by atoms with Crippen molar-refractivity contribution in [2.75, 3.05) is 5.32 Å². The maximum atomic E-state index is 12.2. The number of nitrogens with zero attached hydrogens (tertiary/aromatic N) is 1. The van der Waals surface area contributed by atoms with Crippen LogP contribution in [-0.2, 0) is 11.3 Å². The van der Waals surface area contributed by atoms with Crippen LogP contribution in [0.1, 0.15) is 52.0 Å². The van der Waals surface area contributed by atoms with Crippen LogP contribution in [0.4, 0.5) is 5.69 Å². The molecule has 2 aromatic rings. The number of carbonyl (C=O) groups is 2. The van der Waals surface area contributed by atoms with Crippen LogP contribution >= 0.6 is 0 Å². The van der Waals surface area contributed by atoms with Crippen molar-refractivity contribution in [3.63, 3.8) is 0 Å². The van der Waals surface area contributed by atoms with Crippen LogP contribution in [0.25, 0.3) is 0 Å². The average Bonchev–Trinajstić information content (AvgIpc) is 3.15. The van der Waals surface area contributed by atoms with E-state index in [0.717, 1.165) is 18.4 Å². The molecule has 0 atom stereocenters. The van der Waals surface area contributed by atoms with E-state index >= 15 is 0 Å². The highest BCUT2D eigenvalue weighted by atomic mass is 16.5. The van der Waals surface area contributed by atoms with Gasteiger partial charge in [-0.3, -0.25) is 9.78 Å². The zero-order chi connectivity index (χ0) is 17.6. The molecule has 0 unspecified atom stereocenters. The van der Waals surface area contributed by atoms with Crippen LogP contribution in [0.15, 0.2) is 42.7 Å². The average molecular weight is 340 g/mol. The first-order chi connectivity index (χ1) is 12.1. The number of hydrogen-bond acceptors (Lipinski definition) is 4. The van der Waals surface area contributed by atoms with Crippen LogP contribution in [0.3, 0.4) is 0 Å². The van der Waals surface area contributed by atoms with Gasteiger partial charge >= 0.3 is 5.97 Å². The zero-order valence-electron chi connectivity index (χ0n) is 13.8. The number of benzene rings is 1. The smallest absolute Gasteiger partial charge is 0.337 e. The molecule has 1 aliphatic carbocycles. The first-order valence-electron chi connectivity index (χ1n) is 8.32. The first-order valence-corrected chi connectivity index (χ1v) is 8.32. The number of anilines is 1. The summed E-state index contributed by atoms with van der Waals surface area (Å²) >= 11 is 0. The molecule has 0 saturated heterocycles. The van der Waals surface area contributed by atoms with Gasteiger partial charge in [0.2, 0.25) is 0 Å². The highest BCUT2D eigenvalue weighted by Gasteiger charge is 2.15. The van der Waals surface area contributed by atoms with Crippen molar-refractivity contribution in [3.05, 3.63) is 59.4 Å². The highest BCUT2D eigenvalue weighted by Crippen LogP contribution is 2.22. The molecular weight excluding hydrogens is 320 g/mol. The summed E-state index contributed by atoms with van der Waals surface area (Å²) in [4.78, 5) is 26.9. The summed E-state index contributed by atoms with van der Waals surface area (Å²) in [5.74, 6) is -1.51. The second-order valence-corrected chi connectivity index (χ2v) is 6.14. The van der Waals surface area contributed by atoms with Gasteiger partial charge in [-0.15, -0.1) is 0 Å². The molecule has 1 aliphatic rings. The Hall–Kier alpha value is -2.73. The molecule has 0 radical (unpaired) electrons. The molecule has 6 nitrogen and oxygen atoms in total. The van der Waals surface area contributed by atoms with Gasteiger partial charge in [0.1, 0.15) is 0 Å². The lowest BCUT2D eigenvalue weighted by molar-refractivity contribution is 0.0457. The molecule has 1 fully saturated rings. The van der Waals surface area contributed by atoms with Gasteiger partial charge in [-0.05, 0) is 36.6 Å². The third-order valence-corrected chi connectivity index (χ3v) is 4.25. The SMILES string of the molecule is O=C(O)c1cncc(C(=O)Nc2ccc(COC3CCCC3)cc2)c1. The molecule has 1 saturated carbocycles. The molecule has 6 heteroatoms. The monoisotopic (exact) mass is 340 g/mol. The van der Waals surface area contributed by atoms with Crippen LogP contribution in [0.5, 0.6) is 0 Å². The number of carbonyl (C=O) groups excluding carboxylic acids is 1. The topological polar surface area (TPSA) is 88.5 Å². The second-order valence-electron chi connectivity index (χ2n) is 6.14. The Labute approximate surface area is 145 Å². The Bertz CT molecular complexity index is 752. The van der Waals surface area contributed by atoms with E-state index in [-0.39, 0.29) is 11.1 Å². The maximum Gasteiger partial charge on any atom is 0.337 e. The fourth-order valence-electron chi connectivity index (χ4n) is 2.84. The van der Waals surface area contributed by atoms with Crippen LogP contribution in [0, 0.1) is 0 Å². The number of amides is 1. The third-order valence-electron chi connectivity index (χ3n) is 4.25. The molecule has 0 aliphatic heterocycles. The normalized spacial score (nSPS) is 14.4. The summed E-state index contributed by atoms with van der Waals surface area (Å²) in [5.41, 5.74) is 1.87. The number of rotatable bonds is 6. The van der Waals surface area contributed by atoms with Crippen molar-refractivity contribution in [2.24, 2.45) is 0 Å². The summed E-state index contributed by atoms with van der Waals surface area (Å²) in [6.07, 6.45) is 7.67. The highest BCUT2D eigenvalue weighted by molar-refractivity contribution is 6.05. The quantitative estimate of drug-likeness (QED) is 0.840. The van der Waals surface area contributed by atoms with Gasteiger partial charge in [0.05, 0.1) is 23.8 Å². The summed E-state index contributed by atoms with van der Waals surface area (Å²) in [6.45, 7) is 0.573. The van der Waals surface area contributed by atoms with E-state index in [0.29, 0.717) is 18.4 Å². The number of pyridine rings is 1. The van der Waals surface area contributed by atoms with Gasteiger partial charge in [-0.25, -0.2) is 4.79 Å². The van der Waals surface area contributed by atoms with Crippen molar-refractivity contribution in [3.8, 4) is 0 Å². The van der Waals surface area contributed by atoms with E-state index in [9.17, 15) is 9.59 Å².